The van der Waals surface area contributed by atoms with E-state index >= 15 is 0 Å². The predicted molar refractivity (Wildman–Crippen MR) is 139 cm³/mol. The minimum absolute atomic E-state index is 0.265. The Balaban J connectivity index is 1.51. The van der Waals surface area contributed by atoms with Gasteiger partial charge in [-0.05, 0) is 55.3 Å². The minimum atomic E-state index is -0.634. The van der Waals surface area contributed by atoms with E-state index in [4.69, 9.17) is 18.9 Å². The Morgan fingerprint density at radius 1 is 0.919 bits per heavy atom. The monoisotopic (exact) mass is 502 g/mol. The summed E-state index contributed by atoms with van der Waals surface area (Å²) >= 11 is 0. The fourth-order valence-electron chi connectivity index (χ4n) is 4.09. The van der Waals surface area contributed by atoms with Crippen molar-refractivity contribution in [2.45, 2.75) is 26.3 Å². The summed E-state index contributed by atoms with van der Waals surface area (Å²) in [4.78, 5) is 26.0. The van der Waals surface area contributed by atoms with Crippen LogP contribution in [0.3, 0.4) is 0 Å². The van der Waals surface area contributed by atoms with Crippen LogP contribution in [0, 0.1) is 0 Å². The average molecular weight is 503 g/mol. The SMILES string of the molecule is CCOc1ccc(C(=O)OCC(=O)N2N=C(c3ccccc3)CC2c2ccc(OC)cc2)cc1OCC. The molecule has 1 atom stereocenters. The van der Waals surface area contributed by atoms with Gasteiger partial charge in [-0.2, -0.15) is 5.10 Å². The topological polar surface area (TPSA) is 86.7 Å². The van der Waals surface area contributed by atoms with Crippen LogP contribution in [-0.4, -0.2) is 49.5 Å². The third kappa shape index (κ3) is 6.09. The van der Waals surface area contributed by atoms with E-state index in [1.807, 2.05) is 68.4 Å². The molecule has 8 heteroatoms. The first-order valence-electron chi connectivity index (χ1n) is 12.2. The summed E-state index contributed by atoms with van der Waals surface area (Å²) in [7, 11) is 1.60. The molecule has 0 bridgehead atoms. The van der Waals surface area contributed by atoms with Crippen LogP contribution < -0.4 is 14.2 Å². The Kier molecular flexibility index (Phi) is 8.40. The van der Waals surface area contributed by atoms with E-state index in [1.165, 1.54) is 5.01 Å². The number of carbonyl (C=O) groups excluding carboxylic acids is 2. The van der Waals surface area contributed by atoms with Crippen LogP contribution in [-0.2, 0) is 9.53 Å². The van der Waals surface area contributed by atoms with Gasteiger partial charge in [-0.1, -0.05) is 42.5 Å². The van der Waals surface area contributed by atoms with Crippen LogP contribution in [0.5, 0.6) is 17.2 Å². The highest BCUT2D eigenvalue weighted by Gasteiger charge is 2.33. The highest BCUT2D eigenvalue weighted by atomic mass is 16.5. The number of ether oxygens (including phenoxy) is 4. The summed E-state index contributed by atoms with van der Waals surface area (Å²) in [6.07, 6.45) is 0.534. The van der Waals surface area contributed by atoms with E-state index in [1.54, 1.807) is 25.3 Å². The lowest BCUT2D eigenvalue weighted by atomic mass is 9.98. The first kappa shape index (κ1) is 25.8. The van der Waals surface area contributed by atoms with E-state index in [0.29, 0.717) is 31.1 Å². The molecule has 0 radical (unpaired) electrons. The van der Waals surface area contributed by atoms with Crippen molar-refractivity contribution in [3.63, 3.8) is 0 Å². The summed E-state index contributed by atoms with van der Waals surface area (Å²) in [6.45, 7) is 4.15. The molecule has 1 heterocycles. The maximum atomic E-state index is 13.2. The van der Waals surface area contributed by atoms with Gasteiger partial charge >= 0.3 is 5.97 Å². The Morgan fingerprint density at radius 3 is 2.30 bits per heavy atom. The smallest absolute Gasteiger partial charge is 0.338 e. The van der Waals surface area contributed by atoms with Crippen molar-refractivity contribution in [2.75, 3.05) is 26.9 Å². The molecule has 4 rings (SSSR count). The lowest BCUT2D eigenvalue weighted by molar-refractivity contribution is -0.136. The molecule has 1 unspecified atom stereocenters. The molecule has 192 valence electrons. The van der Waals surface area contributed by atoms with Crippen molar-refractivity contribution in [3.8, 4) is 17.2 Å². The molecule has 0 spiro atoms. The summed E-state index contributed by atoms with van der Waals surface area (Å²) in [5.74, 6) is 0.654. The van der Waals surface area contributed by atoms with Gasteiger partial charge in [0.15, 0.2) is 18.1 Å². The molecule has 1 aliphatic heterocycles. The molecule has 3 aromatic rings. The molecular weight excluding hydrogens is 472 g/mol. The number of methoxy groups -OCH3 is 1. The standard InChI is InChI=1S/C29H30N2O6/c1-4-35-26-16-13-22(17-27(26)36-5-2)29(33)37-19-28(32)31-25(21-11-14-23(34-3)15-12-21)18-24(30-31)20-9-7-6-8-10-20/h6-17,25H,4-5,18-19H2,1-3H3. The third-order valence-electron chi connectivity index (χ3n) is 5.88. The Morgan fingerprint density at radius 2 is 1.62 bits per heavy atom. The fraction of sp³-hybridized carbons (Fsp3) is 0.276. The van der Waals surface area contributed by atoms with E-state index in [2.05, 4.69) is 5.10 Å². The number of nitrogens with zero attached hydrogens (tertiary/aromatic N) is 2. The number of benzene rings is 3. The van der Waals surface area contributed by atoms with Crippen molar-refractivity contribution in [1.29, 1.82) is 0 Å². The molecule has 0 aliphatic carbocycles. The second-order valence-electron chi connectivity index (χ2n) is 8.25. The van der Waals surface area contributed by atoms with Gasteiger partial charge in [0.05, 0.1) is 37.6 Å². The van der Waals surface area contributed by atoms with Gasteiger partial charge in [0.2, 0.25) is 0 Å². The number of rotatable bonds is 10. The zero-order chi connectivity index (χ0) is 26.2. The fourth-order valence-corrected chi connectivity index (χ4v) is 4.09. The van der Waals surface area contributed by atoms with E-state index in [-0.39, 0.29) is 11.6 Å². The van der Waals surface area contributed by atoms with Crippen LogP contribution in [0.4, 0.5) is 0 Å². The lowest BCUT2D eigenvalue weighted by Gasteiger charge is -2.22. The van der Waals surface area contributed by atoms with Gasteiger partial charge in [0, 0.05) is 6.42 Å². The zero-order valence-corrected chi connectivity index (χ0v) is 21.2. The van der Waals surface area contributed by atoms with E-state index in [0.717, 1.165) is 22.6 Å². The van der Waals surface area contributed by atoms with E-state index < -0.39 is 18.5 Å². The van der Waals surface area contributed by atoms with Gasteiger partial charge in [-0.15, -0.1) is 0 Å². The van der Waals surface area contributed by atoms with Gasteiger partial charge in [0.1, 0.15) is 5.75 Å². The predicted octanol–water partition coefficient (Wildman–Crippen LogP) is 5.03. The Bertz CT molecular complexity index is 1260. The van der Waals surface area contributed by atoms with Crippen molar-refractivity contribution in [3.05, 3.63) is 89.5 Å². The molecule has 0 saturated carbocycles. The van der Waals surface area contributed by atoms with Crippen molar-refractivity contribution in [1.82, 2.24) is 5.01 Å². The van der Waals surface area contributed by atoms with Crippen LogP contribution in [0.1, 0.15) is 47.8 Å². The number of hydrazone groups is 1. The molecule has 0 fully saturated rings. The molecule has 3 aromatic carbocycles. The maximum absolute atomic E-state index is 13.2. The largest absolute Gasteiger partial charge is 0.497 e. The molecule has 0 aromatic heterocycles. The first-order chi connectivity index (χ1) is 18.0. The van der Waals surface area contributed by atoms with E-state index in [9.17, 15) is 9.59 Å². The minimum Gasteiger partial charge on any atom is -0.497 e. The summed E-state index contributed by atoms with van der Waals surface area (Å²) < 4.78 is 21.8. The summed E-state index contributed by atoms with van der Waals surface area (Å²) in [6, 6.07) is 21.7. The second kappa shape index (κ2) is 12.1. The van der Waals surface area contributed by atoms with Gasteiger partial charge in [-0.3, -0.25) is 4.79 Å². The van der Waals surface area contributed by atoms with Crippen molar-refractivity contribution < 1.29 is 28.5 Å². The third-order valence-corrected chi connectivity index (χ3v) is 5.88. The highest BCUT2D eigenvalue weighted by molar-refractivity contribution is 6.03. The molecule has 37 heavy (non-hydrogen) atoms. The maximum Gasteiger partial charge on any atom is 0.338 e. The number of carbonyl (C=O) groups is 2. The molecule has 0 saturated heterocycles. The number of amides is 1. The highest BCUT2D eigenvalue weighted by Crippen LogP contribution is 2.34. The molecule has 1 aliphatic rings. The van der Waals surface area contributed by atoms with Gasteiger partial charge in [0.25, 0.3) is 5.91 Å². The summed E-state index contributed by atoms with van der Waals surface area (Å²) in [5.41, 5.74) is 2.89. The lowest BCUT2D eigenvalue weighted by Crippen LogP contribution is -2.31. The molecule has 1 amide bonds. The molecular formula is C29H30N2O6. The van der Waals surface area contributed by atoms with Gasteiger partial charge in [-0.25, -0.2) is 9.80 Å². The normalized spacial score (nSPS) is 14.6. The van der Waals surface area contributed by atoms with Crippen molar-refractivity contribution in [2.24, 2.45) is 5.10 Å². The Hall–Kier alpha value is -4.33. The molecule has 0 N–H and O–H groups in total. The Labute approximate surface area is 216 Å². The number of hydrogen-bond donors (Lipinski definition) is 0. The second-order valence-corrected chi connectivity index (χ2v) is 8.25. The quantitative estimate of drug-likeness (QED) is 0.362. The van der Waals surface area contributed by atoms with Gasteiger partial charge < -0.3 is 18.9 Å². The van der Waals surface area contributed by atoms with Crippen LogP contribution in [0.2, 0.25) is 0 Å². The summed E-state index contributed by atoms with van der Waals surface area (Å²) in [5, 5.41) is 6.03. The number of esters is 1. The van der Waals surface area contributed by atoms with Crippen LogP contribution >= 0.6 is 0 Å². The molecule has 8 nitrogen and oxygen atoms in total. The van der Waals surface area contributed by atoms with Crippen molar-refractivity contribution >= 4 is 17.6 Å². The van der Waals surface area contributed by atoms with Crippen LogP contribution in [0.25, 0.3) is 0 Å². The number of hydrogen-bond acceptors (Lipinski definition) is 7. The first-order valence-corrected chi connectivity index (χ1v) is 12.2. The average Bonchev–Trinajstić information content (AvgIpc) is 3.39. The zero-order valence-electron chi connectivity index (χ0n) is 21.2. The van der Waals surface area contributed by atoms with Crippen LogP contribution in [0.15, 0.2) is 77.9 Å².